The third-order valence-electron chi connectivity index (χ3n) is 2.38. The fraction of sp³-hybridized carbons (Fsp3) is 0.0909. The Balaban J connectivity index is 2.41. The van der Waals surface area contributed by atoms with Crippen LogP contribution in [0.25, 0.3) is 0 Å². The summed E-state index contributed by atoms with van der Waals surface area (Å²) >= 11 is 11.5. The van der Waals surface area contributed by atoms with Gasteiger partial charge in [-0.3, -0.25) is 9.36 Å². The zero-order chi connectivity index (χ0) is 13.3. The number of nitrogen functional groups attached to an aromatic ring is 1. The Hall–Kier alpha value is -1.59. The molecule has 0 spiro atoms. The maximum absolute atomic E-state index is 12.9. The highest BCUT2D eigenvalue weighted by Crippen LogP contribution is 2.18. The molecular formula is C11H8Cl2FN3O. The highest BCUT2D eigenvalue weighted by atomic mass is 35.5. The van der Waals surface area contributed by atoms with Gasteiger partial charge in [0.05, 0.1) is 12.9 Å². The average Bonchev–Trinajstić information content (AvgIpc) is 2.33. The molecule has 7 heteroatoms. The first-order chi connectivity index (χ1) is 8.49. The number of anilines is 1. The van der Waals surface area contributed by atoms with Crippen molar-refractivity contribution in [1.29, 1.82) is 0 Å². The summed E-state index contributed by atoms with van der Waals surface area (Å²) < 4.78 is 14.1. The standard InChI is InChI=1S/C11H8Cl2FN3O/c12-8-3-7(14)2-1-6(8)4-17-5-16-10(13)9(15)11(17)18/h1-3,5H,4,15H2. The number of benzene rings is 1. The predicted molar refractivity (Wildman–Crippen MR) is 68.4 cm³/mol. The lowest BCUT2D eigenvalue weighted by molar-refractivity contribution is 0.626. The van der Waals surface area contributed by atoms with Crippen LogP contribution < -0.4 is 11.3 Å². The van der Waals surface area contributed by atoms with Crippen molar-refractivity contribution >= 4 is 28.9 Å². The van der Waals surface area contributed by atoms with E-state index in [1.54, 1.807) is 0 Å². The summed E-state index contributed by atoms with van der Waals surface area (Å²) in [6, 6.07) is 3.93. The first-order valence-electron chi connectivity index (χ1n) is 4.93. The minimum atomic E-state index is -0.463. The summed E-state index contributed by atoms with van der Waals surface area (Å²) in [5.41, 5.74) is 5.47. The van der Waals surface area contributed by atoms with Crippen LogP contribution in [0.5, 0.6) is 0 Å². The molecule has 2 N–H and O–H groups in total. The van der Waals surface area contributed by atoms with Crippen LogP contribution in [-0.4, -0.2) is 9.55 Å². The quantitative estimate of drug-likeness (QED) is 0.863. The molecule has 0 aliphatic rings. The van der Waals surface area contributed by atoms with Crippen molar-refractivity contribution in [1.82, 2.24) is 9.55 Å². The van der Waals surface area contributed by atoms with Gasteiger partial charge in [-0.25, -0.2) is 9.37 Å². The molecule has 0 atom stereocenters. The summed E-state index contributed by atoms with van der Waals surface area (Å²) in [7, 11) is 0. The second-order valence-electron chi connectivity index (χ2n) is 3.62. The molecule has 94 valence electrons. The number of hydrogen-bond donors (Lipinski definition) is 1. The zero-order valence-electron chi connectivity index (χ0n) is 9.03. The highest BCUT2D eigenvalue weighted by molar-refractivity contribution is 6.31. The van der Waals surface area contributed by atoms with Crippen molar-refractivity contribution in [2.75, 3.05) is 5.73 Å². The Morgan fingerprint density at radius 3 is 2.78 bits per heavy atom. The lowest BCUT2D eigenvalue weighted by atomic mass is 10.2. The van der Waals surface area contributed by atoms with E-state index in [1.807, 2.05) is 0 Å². The Bertz CT molecular complexity index is 657. The number of nitrogens with zero attached hydrogens (tertiary/aromatic N) is 2. The number of hydrogen-bond acceptors (Lipinski definition) is 3. The molecule has 2 aromatic rings. The average molecular weight is 288 g/mol. The van der Waals surface area contributed by atoms with Gasteiger partial charge in [-0.1, -0.05) is 29.3 Å². The molecule has 2 rings (SSSR count). The van der Waals surface area contributed by atoms with E-state index in [0.29, 0.717) is 5.56 Å². The van der Waals surface area contributed by atoms with Crippen LogP contribution in [0.1, 0.15) is 5.56 Å². The molecule has 0 bridgehead atoms. The number of aromatic nitrogens is 2. The van der Waals surface area contributed by atoms with Crippen molar-refractivity contribution in [3.63, 3.8) is 0 Å². The van der Waals surface area contributed by atoms with E-state index in [-0.39, 0.29) is 22.4 Å². The maximum Gasteiger partial charge on any atom is 0.278 e. The fourth-order valence-electron chi connectivity index (χ4n) is 1.43. The largest absolute Gasteiger partial charge is 0.392 e. The molecule has 0 unspecified atom stereocenters. The lowest BCUT2D eigenvalue weighted by Gasteiger charge is -2.08. The lowest BCUT2D eigenvalue weighted by Crippen LogP contribution is -2.24. The Morgan fingerprint density at radius 2 is 2.11 bits per heavy atom. The smallest absolute Gasteiger partial charge is 0.278 e. The highest BCUT2D eigenvalue weighted by Gasteiger charge is 2.08. The topological polar surface area (TPSA) is 60.9 Å². The minimum absolute atomic E-state index is 0.0403. The molecule has 1 aromatic carbocycles. The van der Waals surface area contributed by atoms with Crippen molar-refractivity contribution in [3.05, 3.63) is 56.4 Å². The van der Waals surface area contributed by atoms with E-state index >= 15 is 0 Å². The van der Waals surface area contributed by atoms with Crippen LogP contribution in [0.4, 0.5) is 10.1 Å². The molecule has 0 amide bonds. The third kappa shape index (κ3) is 2.47. The van der Waals surface area contributed by atoms with Gasteiger partial charge in [0.25, 0.3) is 5.56 Å². The third-order valence-corrected chi connectivity index (χ3v) is 3.03. The first kappa shape index (κ1) is 12.9. The Morgan fingerprint density at radius 1 is 1.39 bits per heavy atom. The van der Waals surface area contributed by atoms with Gasteiger partial charge < -0.3 is 5.73 Å². The SMILES string of the molecule is Nc1c(Cl)ncn(Cc2ccc(F)cc2Cl)c1=O. The van der Waals surface area contributed by atoms with Crippen molar-refractivity contribution in [3.8, 4) is 0 Å². The van der Waals surface area contributed by atoms with Crippen LogP contribution in [0.15, 0.2) is 29.3 Å². The molecule has 0 aliphatic heterocycles. The van der Waals surface area contributed by atoms with E-state index in [1.165, 1.54) is 29.1 Å². The van der Waals surface area contributed by atoms with Gasteiger partial charge in [0.2, 0.25) is 0 Å². The number of halogens is 3. The molecule has 0 fully saturated rings. The van der Waals surface area contributed by atoms with Crippen molar-refractivity contribution in [2.45, 2.75) is 6.54 Å². The first-order valence-corrected chi connectivity index (χ1v) is 5.69. The summed E-state index contributed by atoms with van der Waals surface area (Å²) in [5, 5.41) is 0.192. The fourth-order valence-corrected chi connectivity index (χ4v) is 1.78. The normalized spacial score (nSPS) is 10.6. The Kier molecular flexibility index (Phi) is 3.54. The second kappa shape index (κ2) is 4.96. The van der Waals surface area contributed by atoms with Gasteiger partial charge in [-0.2, -0.15) is 0 Å². The van der Waals surface area contributed by atoms with Crippen LogP contribution in [-0.2, 0) is 6.54 Å². The predicted octanol–water partition coefficient (Wildman–Crippen LogP) is 2.32. The van der Waals surface area contributed by atoms with Crippen molar-refractivity contribution in [2.24, 2.45) is 0 Å². The molecule has 1 aromatic heterocycles. The molecule has 18 heavy (non-hydrogen) atoms. The summed E-state index contributed by atoms with van der Waals surface area (Å²) in [6.45, 7) is 0.145. The van der Waals surface area contributed by atoms with E-state index in [2.05, 4.69) is 4.98 Å². The van der Waals surface area contributed by atoms with E-state index < -0.39 is 11.4 Å². The molecular weight excluding hydrogens is 280 g/mol. The van der Waals surface area contributed by atoms with Crippen LogP contribution in [0.3, 0.4) is 0 Å². The molecule has 0 saturated heterocycles. The van der Waals surface area contributed by atoms with Gasteiger partial charge in [0, 0.05) is 5.02 Å². The van der Waals surface area contributed by atoms with E-state index in [0.717, 1.165) is 0 Å². The minimum Gasteiger partial charge on any atom is -0.392 e. The van der Waals surface area contributed by atoms with Gasteiger partial charge in [-0.15, -0.1) is 0 Å². The molecule has 0 saturated carbocycles. The van der Waals surface area contributed by atoms with Gasteiger partial charge in [0.1, 0.15) is 11.5 Å². The van der Waals surface area contributed by atoms with Crippen LogP contribution in [0, 0.1) is 5.82 Å². The zero-order valence-corrected chi connectivity index (χ0v) is 10.5. The van der Waals surface area contributed by atoms with Crippen molar-refractivity contribution < 1.29 is 4.39 Å². The second-order valence-corrected chi connectivity index (χ2v) is 4.38. The summed E-state index contributed by atoms with van der Waals surface area (Å²) in [6.07, 6.45) is 1.26. The summed E-state index contributed by atoms with van der Waals surface area (Å²) in [4.78, 5) is 15.5. The van der Waals surface area contributed by atoms with Gasteiger partial charge in [0.15, 0.2) is 5.15 Å². The van der Waals surface area contributed by atoms with E-state index in [4.69, 9.17) is 28.9 Å². The molecule has 0 aliphatic carbocycles. The molecule has 4 nitrogen and oxygen atoms in total. The maximum atomic E-state index is 12.9. The summed E-state index contributed by atoms with van der Waals surface area (Å²) in [5.74, 6) is -0.440. The van der Waals surface area contributed by atoms with Gasteiger partial charge >= 0.3 is 0 Å². The monoisotopic (exact) mass is 287 g/mol. The van der Waals surface area contributed by atoms with Gasteiger partial charge in [-0.05, 0) is 17.7 Å². The Labute approximate surface area is 112 Å². The number of rotatable bonds is 2. The molecule has 1 heterocycles. The van der Waals surface area contributed by atoms with E-state index in [9.17, 15) is 9.18 Å². The van der Waals surface area contributed by atoms with Crippen LogP contribution in [0.2, 0.25) is 10.2 Å². The van der Waals surface area contributed by atoms with Crippen LogP contribution >= 0.6 is 23.2 Å². The number of nitrogens with two attached hydrogens (primary N) is 1. The molecule has 0 radical (unpaired) electrons.